The first-order valence-electron chi connectivity index (χ1n) is 9.89. The summed E-state index contributed by atoms with van der Waals surface area (Å²) in [5.41, 5.74) is 3.28. The van der Waals surface area contributed by atoms with E-state index < -0.39 is 0 Å². The van der Waals surface area contributed by atoms with Crippen LogP contribution in [-0.2, 0) is 13.0 Å². The smallest absolute Gasteiger partial charge is 0.193 e. The van der Waals surface area contributed by atoms with Crippen LogP contribution in [0.25, 0.3) is 10.6 Å². The first-order chi connectivity index (χ1) is 14.3. The predicted octanol–water partition coefficient (Wildman–Crippen LogP) is 2.73. The van der Waals surface area contributed by atoms with Crippen LogP contribution in [0.3, 0.4) is 0 Å². The number of piperazine rings is 1. The van der Waals surface area contributed by atoms with E-state index in [-0.39, 0.29) is 0 Å². The van der Waals surface area contributed by atoms with Crippen LogP contribution in [-0.4, -0.2) is 65.7 Å². The van der Waals surface area contributed by atoms with Gasteiger partial charge in [0.2, 0.25) is 0 Å². The van der Waals surface area contributed by atoms with E-state index in [9.17, 15) is 0 Å². The SMILES string of the molecule is CN=C(NCCc1csc(-c2ccccc2)n1)N1CCN(Cc2ccon2)CC1. The Kier molecular flexibility index (Phi) is 6.53. The summed E-state index contributed by atoms with van der Waals surface area (Å²) in [6.07, 6.45) is 2.51. The number of benzene rings is 1. The Hall–Kier alpha value is -2.71. The molecular formula is C21H26N6OS. The highest BCUT2D eigenvalue weighted by Crippen LogP contribution is 2.23. The standard InChI is InChI=1S/C21H26N6OS/c1-22-21(27-12-10-26(11-13-27)15-18-8-14-28-25-18)23-9-7-19-16-29-20(24-19)17-5-3-2-4-6-17/h2-6,8,14,16H,7,9-13,15H2,1H3,(H,22,23). The Morgan fingerprint density at radius 2 is 1.97 bits per heavy atom. The number of aliphatic imine (C=N–C) groups is 1. The zero-order valence-electron chi connectivity index (χ0n) is 16.6. The van der Waals surface area contributed by atoms with E-state index in [2.05, 4.69) is 42.8 Å². The van der Waals surface area contributed by atoms with Crippen molar-refractivity contribution in [3.63, 3.8) is 0 Å². The van der Waals surface area contributed by atoms with Crippen LogP contribution in [0.1, 0.15) is 11.4 Å². The molecule has 0 aliphatic carbocycles. The van der Waals surface area contributed by atoms with Crippen LogP contribution in [0.15, 0.2) is 57.6 Å². The summed E-state index contributed by atoms with van der Waals surface area (Å²) in [6.45, 7) is 5.53. The zero-order valence-corrected chi connectivity index (χ0v) is 17.4. The Balaban J connectivity index is 1.23. The molecule has 1 saturated heterocycles. The summed E-state index contributed by atoms with van der Waals surface area (Å²) in [5.74, 6) is 0.963. The average molecular weight is 411 g/mol. The molecule has 4 rings (SSSR count). The van der Waals surface area contributed by atoms with Crippen LogP contribution < -0.4 is 5.32 Å². The van der Waals surface area contributed by atoms with Gasteiger partial charge in [-0.3, -0.25) is 9.89 Å². The molecule has 0 saturated carbocycles. The number of thiazole rings is 1. The lowest BCUT2D eigenvalue weighted by Crippen LogP contribution is -2.52. The van der Waals surface area contributed by atoms with Crippen molar-refractivity contribution in [1.82, 2.24) is 25.3 Å². The Morgan fingerprint density at radius 1 is 1.14 bits per heavy atom. The van der Waals surface area contributed by atoms with Crippen molar-refractivity contribution < 1.29 is 4.52 Å². The first-order valence-corrected chi connectivity index (χ1v) is 10.8. The molecule has 29 heavy (non-hydrogen) atoms. The monoisotopic (exact) mass is 410 g/mol. The van der Waals surface area contributed by atoms with Gasteiger partial charge in [-0.05, 0) is 0 Å². The van der Waals surface area contributed by atoms with Gasteiger partial charge in [0.1, 0.15) is 11.3 Å². The van der Waals surface area contributed by atoms with Gasteiger partial charge >= 0.3 is 0 Å². The summed E-state index contributed by atoms with van der Waals surface area (Å²) in [5, 5.41) is 10.7. The van der Waals surface area contributed by atoms with Gasteiger partial charge in [0, 0.05) is 69.7 Å². The second-order valence-electron chi connectivity index (χ2n) is 6.99. The number of aromatic nitrogens is 2. The van der Waals surface area contributed by atoms with Gasteiger partial charge in [-0.25, -0.2) is 4.98 Å². The van der Waals surface area contributed by atoms with Crippen LogP contribution >= 0.6 is 11.3 Å². The third-order valence-corrected chi connectivity index (χ3v) is 5.94. The Labute approximate surface area is 175 Å². The fourth-order valence-corrected chi connectivity index (χ4v) is 4.30. The van der Waals surface area contributed by atoms with E-state index in [1.807, 2.05) is 31.3 Å². The lowest BCUT2D eigenvalue weighted by atomic mass is 10.2. The topological polar surface area (TPSA) is 69.8 Å². The maximum Gasteiger partial charge on any atom is 0.193 e. The van der Waals surface area contributed by atoms with Crippen LogP contribution in [0, 0.1) is 0 Å². The van der Waals surface area contributed by atoms with E-state index in [4.69, 9.17) is 9.51 Å². The molecule has 0 amide bonds. The van der Waals surface area contributed by atoms with Crippen molar-refractivity contribution in [2.75, 3.05) is 39.8 Å². The molecule has 152 valence electrons. The molecular weight excluding hydrogens is 384 g/mol. The third kappa shape index (κ3) is 5.21. The Morgan fingerprint density at radius 3 is 2.69 bits per heavy atom. The van der Waals surface area contributed by atoms with E-state index in [1.54, 1.807) is 17.6 Å². The fourth-order valence-electron chi connectivity index (χ4n) is 3.44. The molecule has 3 heterocycles. The maximum atomic E-state index is 4.92. The van der Waals surface area contributed by atoms with Crippen molar-refractivity contribution in [3.05, 3.63) is 59.4 Å². The average Bonchev–Trinajstić information content (AvgIpc) is 3.45. The summed E-state index contributed by atoms with van der Waals surface area (Å²) < 4.78 is 4.92. The van der Waals surface area contributed by atoms with Gasteiger partial charge in [-0.1, -0.05) is 35.5 Å². The minimum absolute atomic E-state index is 0.823. The fraction of sp³-hybridized carbons (Fsp3) is 0.381. The number of hydrogen-bond acceptors (Lipinski definition) is 6. The van der Waals surface area contributed by atoms with Crippen LogP contribution in [0.2, 0.25) is 0 Å². The molecule has 1 aliphatic heterocycles. The van der Waals surface area contributed by atoms with Gasteiger partial charge in [0.05, 0.1) is 11.4 Å². The maximum absolute atomic E-state index is 4.92. The predicted molar refractivity (Wildman–Crippen MR) is 116 cm³/mol. The zero-order chi connectivity index (χ0) is 19.9. The summed E-state index contributed by atoms with van der Waals surface area (Å²) in [6, 6.07) is 12.3. The number of nitrogens with one attached hydrogen (secondary N) is 1. The van der Waals surface area contributed by atoms with Gasteiger partial charge in [0.15, 0.2) is 5.96 Å². The van der Waals surface area contributed by atoms with E-state index in [1.165, 1.54) is 5.56 Å². The molecule has 1 aliphatic rings. The van der Waals surface area contributed by atoms with Gasteiger partial charge in [0.25, 0.3) is 0 Å². The first kappa shape index (κ1) is 19.6. The summed E-state index contributed by atoms with van der Waals surface area (Å²) in [4.78, 5) is 13.9. The largest absolute Gasteiger partial charge is 0.364 e. The summed E-state index contributed by atoms with van der Waals surface area (Å²) in [7, 11) is 1.85. The molecule has 1 fully saturated rings. The lowest BCUT2D eigenvalue weighted by molar-refractivity contribution is 0.169. The van der Waals surface area contributed by atoms with Crippen molar-refractivity contribution in [1.29, 1.82) is 0 Å². The molecule has 0 spiro atoms. The number of nitrogens with zero attached hydrogens (tertiary/aromatic N) is 5. The second kappa shape index (κ2) is 9.67. The highest BCUT2D eigenvalue weighted by atomic mass is 32.1. The molecule has 8 heteroatoms. The minimum atomic E-state index is 0.823. The summed E-state index contributed by atoms with van der Waals surface area (Å²) >= 11 is 1.70. The number of rotatable bonds is 6. The molecule has 1 aromatic carbocycles. The molecule has 1 N–H and O–H groups in total. The highest BCUT2D eigenvalue weighted by molar-refractivity contribution is 7.13. The normalized spacial score (nSPS) is 15.6. The van der Waals surface area contributed by atoms with Crippen molar-refractivity contribution in [2.45, 2.75) is 13.0 Å². The number of guanidine groups is 1. The van der Waals surface area contributed by atoms with Gasteiger partial charge in [-0.15, -0.1) is 11.3 Å². The van der Waals surface area contributed by atoms with Crippen LogP contribution in [0.5, 0.6) is 0 Å². The molecule has 3 aromatic rings. The second-order valence-corrected chi connectivity index (χ2v) is 7.85. The van der Waals surface area contributed by atoms with E-state index >= 15 is 0 Å². The molecule has 0 unspecified atom stereocenters. The van der Waals surface area contributed by atoms with Crippen molar-refractivity contribution in [3.8, 4) is 10.6 Å². The quantitative estimate of drug-likeness (QED) is 0.498. The molecule has 0 bridgehead atoms. The van der Waals surface area contributed by atoms with Crippen molar-refractivity contribution in [2.24, 2.45) is 4.99 Å². The van der Waals surface area contributed by atoms with Crippen molar-refractivity contribution >= 4 is 17.3 Å². The van der Waals surface area contributed by atoms with Gasteiger partial charge in [-0.2, -0.15) is 0 Å². The molecule has 7 nitrogen and oxygen atoms in total. The molecule has 0 radical (unpaired) electrons. The highest BCUT2D eigenvalue weighted by Gasteiger charge is 2.20. The van der Waals surface area contributed by atoms with E-state index in [0.717, 1.165) is 68.0 Å². The van der Waals surface area contributed by atoms with Crippen LogP contribution in [0.4, 0.5) is 0 Å². The third-order valence-electron chi connectivity index (χ3n) is 5.00. The lowest BCUT2D eigenvalue weighted by Gasteiger charge is -2.36. The molecule has 0 atom stereocenters. The Bertz CT molecular complexity index is 900. The molecule has 2 aromatic heterocycles. The van der Waals surface area contributed by atoms with Gasteiger partial charge < -0.3 is 14.7 Å². The number of hydrogen-bond donors (Lipinski definition) is 1. The van der Waals surface area contributed by atoms with E-state index in [0.29, 0.717) is 0 Å². The minimum Gasteiger partial charge on any atom is -0.364 e.